The van der Waals surface area contributed by atoms with Gasteiger partial charge in [0.05, 0.1) is 17.7 Å². The van der Waals surface area contributed by atoms with Crippen molar-refractivity contribution in [1.29, 1.82) is 0 Å². The van der Waals surface area contributed by atoms with E-state index >= 15 is 0 Å². The fraction of sp³-hybridized carbons (Fsp3) is 0.474. The third-order valence-corrected chi connectivity index (χ3v) is 4.11. The molecule has 1 aromatic carbocycles. The number of carbonyl (C=O) groups excluding carboxylic acids is 2. The topological polar surface area (TPSA) is 87.1 Å². The zero-order chi connectivity index (χ0) is 18.6. The summed E-state index contributed by atoms with van der Waals surface area (Å²) in [7, 11) is 0. The normalized spacial score (nSPS) is 17.7. The van der Waals surface area contributed by atoms with Gasteiger partial charge in [-0.1, -0.05) is 19.1 Å². The number of ketones is 1. The fourth-order valence-electron chi connectivity index (χ4n) is 2.95. The number of aromatic hydroxyl groups is 1. The van der Waals surface area contributed by atoms with Gasteiger partial charge in [-0.15, -0.1) is 0 Å². The van der Waals surface area contributed by atoms with Gasteiger partial charge in [-0.05, 0) is 38.0 Å². The Bertz CT molecular complexity index is 680. The number of benzene rings is 1. The Balaban J connectivity index is 2.31. The monoisotopic (exact) mass is 347 g/mol. The van der Waals surface area contributed by atoms with Crippen LogP contribution < -0.4 is 0 Å². The van der Waals surface area contributed by atoms with Crippen LogP contribution in [0.2, 0.25) is 0 Å². The number of hydrogen-bond acceptors (Lipinski definition) is 5. The molecule has 0 aliphatic carbocycles. The third kappa shape index (κ3) is 4.20. The van der Waals surface area contributed by atoms with Crippen molar-refractivity contribution in [1.82, 2.24) is 4.90 Å². The lowest BCUT2D eigenvalue weighted by atomic mass is 9.95. The first-order valence-electron chi connectivity index (χ1n) is 8.54. The summed E-state index contributed by atoms with van der Waals surface area (Å²) in [6, 6.07) is 5.73. The van der Waals surface area contributed by atoms with E-state index in [1.165, 1.54) is 17.0 Å². The van der Waals surface area contributed by atoms with Crippen molar-refractivity contribution in [3.05, 3.63) is 41.2 Å². The molecule has 1 amide bonds. The first kappa shape index (κ1) is 19.0. The molecular formula is C19H25NO5. The Labute approximate surface area is 147 Å². The van der Waals surface area contributed by atoms with E-state index in [4.69, 9.17) is 4.74 Å². The summed E-state index contributed by atoms with van der Waals surface area (Å²) in [5.41, 5.74) is 0.696. The van der Waals surface area contributed by atoms with Gasteiger partial charge >= 0.3 is 0 Å². The smallest absolute Gasteiger partial charge is 0.290 e. The Morgan fingerprint density at radius 2 is 2.04 bits per heavy atom. The van der Waals surface area contributed by atoms with Gasteiger partial charge in [-0.2, -0.15) is 0 Å². The van der Waals surface area contributed by atoms with Gasteiger partial charge in [0.25, 0.3) is 5.91 Å². The van der Waals surface area contributed by atoms with Crippen LogP contribution in [0.5, 0.6) is 5.75 Å². The van der Waals surface area contributed by atoms with E-state index in [2.05, 4.69) is 0 Å². The summed E-state index contributed by atoms with van der Waals surface area (Å²) in [5.74, 6) is -1.29. The van der Waals surface area contributed by atoms with Crippen LogP contribution in [0.4, 0.5) is 0 Å². The van der Waals surface area contributed by atoms with Crippen molar-refractivity contribution < 1.29 is 24.5 Å². The minimum Gasteiger partial charge on any atom is -0.508 e. The molecule has 0 fully saturated rings. The number of aliphatic hydroxyl groups excluding tert-OH is 1. The molecule has 0 bridgehead atoms. The van der Waals surface area contributed by atoms with Gasteiger partial charge < -0.3 is 19.8 Å². The molecule has 136 valence electrons. The highest BCUT2D eigenvalue weighted by Gasteiger charge is 2.42. The maximum absolute atomic E-state index is 12.5. The van der Waals surface area contributed by atoms with Crippen LogP contribution >= 0.6 is 0 Å². The summed E-state index contributed by atoms with van der Waals surface area (Å²) in [6.07, 6.45) is 0.867. The Morgan fingerprint density at radius 1 is 1.32 bits per heavy atom. The van der Waals surface area contributed by atoms with E-state index in [9.17, 15) is 19.8 Å². The number of amides is 1. The Kier molecular flexibility index (Phi) is 6.20. The molecule has 0 radical (unpaired) electrons. The number of hydrogen-bond donors (Lipinski definition) is 2. The molecule has 6 nitrogen and oxygen atoms in total. The zero-order valence-electron chi connectivity index (χ0n) is 14.9. The molecule has 6 heteroatoms. The number of phenolic OH excluding ortho intramolecular Hbond substituents is 1. The standard InChI is InChI=1S/C19H25NO5/c1-4-15(22)16-17(13-7-5-8-14(21)11-13)20(19(24)18(16)23)9-6-10-25-12(2)3/h5,7-8,11-12,17,21,23H,4,6,9-10H2,1-3H3. The van der Waals surface area contributed by atoms with Gasteiger partial charge in [0, 0.05) is 19.6 Å². The summed E-state index contributed by atoms with van der Waals surface area (Å²) in [4.78, 5) is 26.3. The van der Waals surface area contributed by atoms with Crippen LogP contribution in [0.1, 0.15) is 45.2 Å². The van der Waals surface area contributed by atoms with E-state index in [0.717, 1.165) is 0 Å². The molecule has 2 rings (SSSR count). The SMILES string of the molecule is CCC(=O)C1=C(O)C(=O)N(CCCOC(C)C)C1c1cccc(O)c1. The van der Waals surface area contributed by atoms with Crippen molar-refractivity contribution in [3.63, 3.8) is 0 Å². The number of aliphatic hydroxyl groups is 1. The second-order valence-corrected chi connectivity index (χ2v) is 6.31. The van der Waals surface area contributed by atoms with Crippen LogP contribution in [0.25, 0.3) is 0 Å². The predicted octanol–water partition coefficient (Wildman–Crippen LogP) is 2.88. The van der Waals surface area contributed by atoms with Gasteiger partial charge in [-0.25, -0.2) is 0 Å². The number of rotatable bonds is 8. The molecule has 0 saturated carbocycles. The molecular weight excluding hydrogens is 322 g/mol. The van der Waals surface area contributed by atoms with Crippen molar-refractivity contribution in [2.45, 2.75) is 45.8 Å². The molecule has 0 spiro atoms. The number of Topliss-reactive ketones (excluding diaryl/α,β-unsaturated/α-hetero) is 1. The number of nitrogens with zero attached hydrogens (tertiary/aromatic N) is 1. The van der Waals surface area contributed by atoms with Crippen LogP contribution in [0.15, 0.2) is 35.6 Å². The average Bonchev–Trinajstić information content (AvgIpc) is 2.82. The molecule has 0 aromatic heterocycles. The molecule has 1 unspecified atom stereocenters. The van der Waals surface area contributed by atoms with E-state index < -0.39 is 17.7 Å². The molecule has 1 atom stereocenters. The molecule has 2 N–H and O–H groups in total. The number of ether oxygens (including phenoxy) is 1. The van der Waals surface area contributed by atoms with Gasteiger partial charge in [0.1, 0.15) is 5.75 Å². The second kappa shape index (κ2) is 8.16. The molecule has 25 heavy (non-hydrogen) atoms. The third-order valence-electron chi connectivity index (χ3n) is 4.11. The first-order chi connectivity index (χ1) is 11.9. The maximum atomic E-state index is 12.5. The zero-order valence-corrected chi connectivity index (χ0v) is 14.9. The van der Waals surface area contributed by atoms with Crippen molar-refractivity contribution in [2.24, 2.45) is 0 Å². The van der Waals surface area contributed by atoms with Crippen molar-refractivity contribution >= 4 is 11.7 Å². The second-order valence-electron chi connectivity index (χ2n) is 6.31. The lowest BCUT2D eigenvalue weighted by Gasteiger charge is -2.27. The molecule has 0 saturated heterocycles. The van der Waals surface area contributed by atoms with E-state index in [-0.39, 0.29) is 29.6 Å². The lowest BCUT2D eigenvalue weighted by Crippen LogP contribution is -2.32. The van der Waals surface area contributed by atoms with Crippen LogP contribution in [0.3, 0.4) is 0 Å². The quantitative estimate of drug-likeness (QED) is 0.706. The van der Waals surface area contributed by atoms with E-state index in [0.29, 0.717) is 25.1 Å². The summed E-state index contributed by atoms with van der Waals surface area (Å²) in [6.45, 7) is 6.37. The molecule has 1 aliphatic heterocycles. The summed E-state index contributed by atoms with van der Waals surface area (Å²) < 4.78 is 5.50. The van der Waals surface area contributed by atoms with E-state index in [1.807, 2.05) is 13.8 Å². The highest BCUT2D eigenvalue weighted by molar-refractivity contribution is 6.08. The lowest BCUT2D eigenvalue weighted by molar-refractivity contribution is -0.129. The highest BCUT2D eigenvalue weighted by Crippen LogP contribution is 2.39. The Morgan fingerprint density at radius 3 is 2.64 bits per heavy atom. The van der Waals surface area contributed by atoms with Gasteiger partial charge in [-0.3, -0.25) is 9.59 Å². The fourth-order valence-corrected chi connectivity index (χ4v) is 2.95. The van der Waals surface area contributed by atoms with Crippen molar-refractivity contribution in [3.8, 4) is 5.75 Å². The molecule has 1 aromatic rings. The average molecular weight is 347 g/mol. The van der Waals surface area contributed by atoms with Crippen LogP contribution in [0, 0.1) is 0 Å². The maximum Gasteiger partial charge on any atom is 0.290 e. The minimum absolute atomic E-state index is 0.0442. The summed E-state index contributed by atoms with van der Waals surface area (Å²) >= 11 is 0. The van der Waals surface area contributed by atoms with E-state index in [1.54, 1.807) is 19.1 Å². The molecule has 1 heterocycles. The largest absolute Gasteiger partial charge is 0.508 e. The van der Waals surface area contributed by atoms with Crippen molar-refractivity contribution in [2.75, 3.05) is 13.2 Å². The van der Waals surface area contributed by atoms with Crippen LogP contribution in [-0.2, 0) is 14.3 Å². The number of carbonyl (C=O) groups is 2. The van der Waals surface area contributed by atoms with Gasteiger partial charge in [0.2, 0.25) is 0 Å². The molecule has 1 aliphatic rings. The van der Waals surface area contributed by atoms with Crippen LogP contribution in [-0.4, -0.2) is 46.1 Å². The Hall–Kier alpha value is -2.34. The van der Waals surface area contributed by atoms with Gasteiger partial charge in [0.15, 0.2) is 11.5 Å². The minimum atomic E-state index is -0.689. The number of phenols is 1. The predicted molar refractivity (Wildman–Crippen MR) is 93.2 cm³/mol. The first-order valence-corrected chi connectivity index (χ1v) is 8.54. The highest BCUT2D eigenvalue weighted by atomic mass is 16.5. The summed E-state index contributed by atoms with van der Waals surface area (Å²) in [5, 5.41) is 20.0.